The summed E-state index contributed by atoms with van der Waals surface area (Å²) in [4.78, 5) is 0. The van der Waals surface area contributed by atoms with Gasteiger partial charge in [-0.15, -0.1) is 0 Å². The third kappa shape index (κ3) is 17.4. The van der Waals surface area contributed by atoms with Crippen molar-refractivity contribution in [2.45, 2.75) is 91.1 Å². The molecule has 0 aliphatic rings. The van der Waals surface area contributed by atoms with Crippen molar-refractivity contribution in [2.24, 2.45) is 0 Å². The fraction of sp³-hybridized carbons (Fsp3) is 0.824. The van der Waals surface area contributed by atoms with E-state index in [1.54, 1.807) is 0 Å². The lowest BCUT2D eigenvalue weighted by molar-refractivity contribution is -0.696. The molecule has 0 aliphatic carbocycles. The van der Waals surface area contributed by atoms with Crippen molar-refractivity contribution in [1.29, 1.82) is 0 Å². The van der Waals surface area contributed by atoms with Crippen LogP contribution in [0.5, 0.6) is 0 Å². The van der Waals surface area contributed by atoms with Crippen LogP contribution in [0.3, 0.4) is 0 Å². The van der Waals surface area contributed by atoms with Gasteiger partial charge in [-0.2, -0.15) is 0 Å². The molecule has 0 bridgehead atoms. The SMILES string of the molecule is CCCCCCCCCC[n+]1ccn(CCCC)c1.O=S(=O)([O-])O. The average Bonchev–Trinajstić information content (AvgIpc) is 2.94. The summed E-state index contributed by atoms with van der Waals surface area (Å²) in [6, 6.07) is 0. The quantitative estimate of drug-likeness (QED) is 0.266. The van der Waals surface area contributed by atoms with Gasteiger partial charge in [0.15, 0.2) is 0 Å². The molecule has 1 heterocycles. The van der Waals surface area contributed by atoms with Crippen LogP contribution >= 0.6 is 0 Å². The summed E-state index contributed by atoms with van der Waals surface area (Å²) in [5.41, 5.74) is 0. The fourth-order valence-electron chi connectivity index (χ4n) is 2.47. The van der Waals surface area contributed by atoms with Gasteiger partial charge in [-0.3, -0.25) is 4.55 Å². The minimum Gasteiger partial charge on any atom is -0.726 e. The Kier molecular flexibility index (Phi) is 13.9. The first-order valence-corrected chi connectivity index (χ1v) is 10.5. The van der Waals surface area contributed by atoms with Gasteiger partial charge in [0.2, 0.25) is 16.7 Å². The van der Waals surface area contributed by atoms with Gasteiger partial charge in [0.1, 0.15) is 12.4 Å². The van der Waals surface area contributed by atoms with E-state index in [4.69, 9.17) is 17.5 Å². The third-order valence-electron chi connectivity index (χ3n) is 3.79. The molecule has 0 aliphatic heterocycles. The highest BCUT2D eigenvalue weighted by Crippen LogP contribution is 2.08. The summed E-state index contributed by atoms with van der Waals surface area (Å²) in [6.45, 7) is 6.89. The van der Waals surface area contributed by atoms with E-state index in [0.29, 0.717) is 0 Å². The number of rotatable bonds is 12. The van der Waals surface area contributed by atoms with Gasteiger partial charge >= 0.3 is 0 Å². The zero-order valence-corrected chi connectivity index (χ0v) is 16.0. The van der Waals surface area contributed by atoms with E-state index >= 15 is 0 Å². The van der Waals surface area contributed by atoms with Gasteiger partial charge in [0.25, 0.3) is 0 Å². The third-order valence-corrected chi connectivity index (χ3v) is 3.79. The Morgan fingerprint density at radius 3 is 2.00 bits per heavy atom. The monoisotopic (exact) mass is 362 g/mol. The number of unbranched alkanes of at least 4 members (excludes halogenated alkanes) is 8. The lowest BCUT2D eigenvalue weighted by Gasteiger charge is -2.00. The highest BCUT2D eigenvalue weighted by Gasteiger charge is 2.02. The molecule has 0 radical (unpaired) electrons. The zero-order chi connectivity index (χ0) is 18.3. The van der Waals surface area contributed by atoms with Gasteiger partial charge in [-0.1, -0.05) is 58.8 Å². The van der Waals surface area contributed by atoms with Crippen LogP contribution in [-0.2, 0) is 23.5 Å². The van der Waals surface area contributed by atoms with Crippen molar-refractivity contribution < 1.29 is 22.1 Å². The molecule has 1 rings (SSSR count). The summed E-state index contributed by atoms with van der Waals surface area (Å²) in [5, 5.41) is 0. The number of hydrogen-bond donors (Lipinski definition) is 1. The Morgan fingerprint density at radius 2 is 1.46 bits per heavy atom. The average molecular weight is 363 g/mol. The molecule has 0 unspecified atom stereocenters. The van der Waals surface area contributed by atoms with E-state index in [1.807, 2.05) is 0 Å². The summed E-state index contributed by atoms with van der Waals surface area (Å²) >= 11 is 0. The molecule has 0 spiro atoms. The first-order valence-electron chi connectivity index (χ1n) is 9.10. The lowest BCUT2D eigenvalue weighted by Crippen LogP contribution is -2.30. The fourth-order valence-corrected chi connectivity index (χ4v) is 2.47. The maximum absolute atomic E-state index is 8.63. The summed E-state index contributed by atoms with van der Waals surface area (Å²) in [5.74, 6) is 0. The van der Waals surface area contributed by atoms with E-state index in [9.17, 15) is 0 Å². The van der Waals surface area contributed by atoms with E-state index in [2.05, 4.69) is 41.7 Å². The standard InChI is InChI=1S/C17H33N2.H2O4S/c1-3-5-7-8-9-10-11-12-14-19-16-15-18(17-19)13-6-4-2;1-5(2,3)4/h15-17H,3-14H2,1-2H3;(H2,1,2,3,4)/q+1;/p-1. The predicted octanol–water partition coefficient (Wildman–Crippen LogP) is 3.72. The van der Waals surface area contributed by atoms with Crippen LogP contribution < -0.4 is 4.57 Å². The van der Waals surface area contributed by atoms with E-state index in [0.717, 1.165) is 0 Å². The highest BCUT2D eigenvalue weighted by atomic mass is 32.3. The second-order valence-electron chi connectivity index (χ2n) is 6.15. The Morgan fingerprint density at radius 1 is 0.958 bits per heavy atom. The second kappa shape index (κ2) is 14.4. The maximum atomic E-state index is 8.63. The molecule has 0 amide bonds. The van der Waals surface area contributed by atoms with Crippen molar-refractivity contribution >= 4 is 10.4 Å². The lowest BCUT2D eigenvalue weighted by atomic mass is 10.1. The molecule has 0 saturated carbocycles. The number of aromatic nitrogens is 2. The van der Waals surface area contributed by atoms with E-state index < -0.39 is 10.4 Å². The predicted molar refractivity (Wildman–Crippen MR) is 94.5 cm³/mol. The van der Waals surface area contributed by atoms with Crippen molar-refractivity contribution in [2.75, 3.05) is 0 Å². The minimum atomic E-state index is -4.92. The van der Waals surface area contributed by atoms with E-state index in [-0.39, 0.29) is 0 Å². The number of imidazole rings is 1. The molecular formula is C17H34N2O4S. The van der Waals surface area contributed by atoms with Crippen LogP contribution in [0.4, 0.5) is 0 Å². The van der Waals surface area contributed by atoms with Gasteiger partial charge in [0, 0.05) is 0 Å². The molecule has 7 heteroatoms. The molecule has 0 saturated heterocycles. The van der Waals surface area contributed by atoms with Crippen molar-refractivity contribution in [3.63, 3.8) is 0 Å². The molecular weight excluding hydrogens is 328 g/mol. The van der Waals surface area contributed by atoms with Crippen LogP contribution in [0, 0.1) is 0 Å². The van der Waals surface area contributed by atoms with Crippen LogP contribution in [-0.4, -0.2) is 22.1 Å². The smallest absolute Gasteiger partial charge is 0.243 e. The Hall–Kier alpha value is -0.920. The van der Waals surface area contributed by atoms with Crippen LogP contribution in [0.1, 0.15) is 78.1 Å². The Labute approximate surface area is 147 Å². The number of nitrogens with zero attached hydrogens (tertiary/aromatic N) is 2. The molecule has 1 N–H and O–H groups in total. The summed E-state index contributed by atoms with van der Waals surface area (Å²) < 4.78 is 37.5. The molecule has 1 aromatic rings. The van der Waals surface area contributed by atoms with Gasteiger partial charge in [0.05, 0.1) is 13.1 Å². The van der Waals surface area contributed by atoms with Gasteiger partial charge < -0.3 is 4.55 Å². The molecule has 0 aromatic carbocycles. The molecule has 0 atom stereocenters. The van der Waals surface area contributed by atoms with E-state index in [1.165, 1.54) is 77.3 Å². The number of aryl methyl sites for hydroxylation is 2. The van der Waals surface area contributed by atoms with Crippen molar-refractivity contribution in [3.05, 3.63) is 18.7 Å². The first kappa shape index (κ1) is 23.1. The topological polar surface area (TPSA) is 86.2 Å². The Balaban J connectivity index is 0.000000922. The summed E-state index contributed by atoms with van der Waals surface area (Å²) in [6.07, 6.45) is 20.5. The highest BCUT2D eigenvalue weighted by molar-refractivity contribution is 7.79. The molecule has 24 heavy (non-hydrogen) atoms. The molecule has 0 fully saturated rings. The second-order valence-corrected chi connectivity index (χ2v) is 7.00. The molecule has 142 valence electrons. The van der Waals surface area contributed by atoms with Crippen LogP contribution in [0.15, 0.2) is 18.7 Å². The number of hydrogen-bond acceptors (Lipinski definition) is 3. The van der Waals surface area contributed by atoms with Crippen LogP contribution in [0.25, 0.3) is 0 Å². The van der Waals surface area contributed by atoms with Crippen molar-refractivity contribution in [1.82, 2.24) is 4.57 Å². The molecule has 1 aromatic heterocycles. The first-order chi connectivity index (χ1) is 11.4. The minimum absolute atomic E-state index is 1.17. The van der Waals surface area contributed by atoms with Gasteiger partial charge in [-0.05, 0) is 19.3 Å². The normalized spacial score (nSPS) is 11.2. The largest absolute Gasteiger partial charge is 0.726 e. The van der Waals surface area contributed by atoms with Crippen molar-refractivity contribution in [3.8, 4) is 0 Å². The summed E-state index contributed by atoms with van der Waals surface area (Å²) in [7, 11) is -4.92. The maximum Gasteiger partial charge on any atom is 0.243 e. The van der Waals surface area contributed by atoms with Crippen LogP contribution in [0.2, 0.25) is 0 Å². The molecule has 6 nitrogen and oxygen atoms in total. The Bertz CT molecular complexity index is 492. The zero-order valence-electron chi connectivity index (χ0n) is 15.2. The van der Waals surface area contributed by atoms with Gasteiger partial charge in [-0.25, -0.2) is 17.6 Å².